The topological polar surface area (TPSA) is 85.2 Å². The molecule has 0 fully saturated rings. The van der Waals surface area contributed by atoms with Gasteiger partial charge in [-0.15, -0.1) is 0 Å². The summed E-state index contributed by atoms with van der Waals surface area (Å²) < 4.78 is 4.96. The lowest BCUT2D eigenvalue weighted by Crippen LogP contribution is -2.10. The zero-order valence-electron chi connectivity index (χ0n) is 15.1. The maximum atomic E-state index is 12.7. The third kappa shape index (κ3) is 2.95. The van der Waals surface area contributed by atoms with E-state index in [9.17, 15) is 9.59 Å². The van der Waals surface area contributed by atoms with Crippen LogP contribution in [0.2, 0.25) is 5.02 Å². The van der Waals surface area contributed by atoms with Gasteiger partial charge in [-0.3, -0.25) is 4.79 Å². The standard InChI is InChI=1S/C22H17ClN2O3/c1-28-22(27)18-9-17-19(16-8-14(23)6-7-15(16)18)11-25-21(26)20(17)13-4-2-12(10-24)3-5-13/h2-9,11H,10,24H2,1H3,(H,25,26). The van der Waals surface area contributed by atoms with Crippen LogP contribution in [0.25, 0.3) is 32.7 Å². The van der Waals surface area contributed by atoms with Gasteiger partial charge in [0.25, 0.3) is 5.56 Å². The number of rotatable bonds is 3. The number of carbonyl (C=O) groups excluding carboxylic acids is 1. The van der Waals surface area contributed by atoms with Crippen molar-refractivity contribution in [2.24, 2.45) is 5.73 Å². The van der Waals surface area contributed by atoms with Crippen LogP contribution in [0.15, 0.2) is 59.5 Å². The first-order valence-electron chi connectivity index (χ1n) is 8.69. The van der Waals surface area contributed by atoms with E-state index in [1.807, 2.05) is 24.3 Å². The highest BCUT2D eigenvalue weighted by Gasteiger charge is 2.18. The molecule has 0 amide bonds. The van der Waals surface area contributed by atoms with E-state index in [0.717, 1.165) is 21.9 Å². The smallest absolute Gasteiger partial charge is 0.338 e. The van der Waals surface area contributed by atoms with Crippen LogP contribution in [0.3, 0.4) is 0 Å². The molecule has 6 heteroatoms. The van der Waals surface area contributed by atoms with Crippen molar-refractivity contribution in [3.63, 3.8) is 0 Å². The zero-order valence-corrected chi connectivity index (χ0v) is 15.8. The van der Waals surface area contributed by atoms with Crippen LogP contribution in [0, 0.1) is 0 Å². The van der Waals surface area contributed by atoms with Gasteiger partial charge in [0.2, 0.25) is 0 Å². The Hall–Kier alpha value is -3.15. The monoisotopic (exact) mass is 392 g/mol. The van der Waals surface area contributed by atoms with Crippen molar-refractivity contribution >= 4 is 39.1 Å². The number of pyridine rings is 1. The van der Waals surface area contributed by atoms with Crippen molar-refractivity contribution in [2.75, 3.05) is 7.11 Å². The Labute approximate surface area is 165 Å². The highest BCUT2D eigenvalue weighted by Crippen LogP contribution is 2.34. The Morgan fingerprint density at radius 1 is 1.04 bits per heavy atom. The SMILES string of the molecule is COC(=O)c1cc2c(-c3ccc(CN)cc3)c(=O)[nH]cc2c2cc(Cl)ccc12. The molecule has 3 aromatic carbocycles. The molecule has 4 aromatic rings. The molecule has 0 spiro atoms. The van der Waals surface area contributed by atoms with E-state index < -0.39 is 5.97 Å². The number of nitrogens with two attached hydrogens (primary N) is 1. The van der Waals surface area contributed by atoms with E-state index in [2.05, 4.69) is 4.98 Å². The minimum atomic E-state index is -0.473. The normalized spacial score (nSPS) is 11.1. The van der Waals surface area contributed by atoms with Crippen LogP contribution >= 0.6 is 11.6 Å². The lowest BCUT2D eigenvalue weighted by Gasteiger charge is -2.13. The van der Waals surface area contributed by atoms with Gasteiger partial charge in [-0.1, -0.05) is 41.9 Å². The first kappa shape index (κ1) is 18.2. The van der Waals surface area contributed by atoms with Crippen molar-refractivity contribution in [3.8, 4) is 11.1 Å². The number of benzene rings is 3. The van der Waals surface area contributed by atoms with Crippen LogP contribution in [-0.2, 0) is 11.3 Å². The summed E-state index contributed by atoms with van der Waals surface area (Å²) >= 11 is 6.21. The fourth-order valence-electron chi connectivity index (χ4n) is 3.49. The molecule has 4 rings (SSSR count). The molecule has 0 atom stereocenters. The van der Waals surface area contributed by atoms with Gasteiger partial charge in [0.05, 0.1) is 18.2 Å². The zero-order chi connectivity index (χ0) is 19.8. The molecule has 0 bridgehead atoms. The third-order valence-electron chi connectivity index (χ3n) is 4.87. The fourth-order valence-corrected chi connectivity index (χ4v) is 3.66. The number of fused-ring (bicyclic) bond motifs is 3. The number of methoxy groups -OCH3 is 1. The van der Waals surface area contributed by atoms with Crippen LogP contribution in [0.5, 0.6) is 0 Å². The highest BCUT2D eigenvalue weighted by atomic mass is 35.5. The molecule has 0 saturated carbocycles. The predicted molar refractivity (Wildman–Crippen MR) is 112 cm³/mol. The van der Waals surface area contributed by atoms with Crippen LogP contribution in [-0.4, -0.2) is 18.1 Å². The highest BCUT2D eigenvalue weighted by molar-refractivity contribution is 6.32. The molecular weight excluding hydrogens is 376 g/mol. The number of ether oxygens (including phenoxy) is 1. The van der Waals surface area contributed by atoms with Gasteiger partial charge < -0.3 is 15.5 Å². The van der Waals surface area contributed by atoms with Gasteiger partial charge in [0.1, 0.15) is 0 Å². The van der Waals surface area contributed by atoms with Crippen molar-refractivity contribution in [1.29, 1.82) is 0 Å². The first-order chi connectivity index (χ1) is 13.5. The number of esters is 1. The number of nitrogens with one attached hydrogen (secondary N) is 1. The van der Waals surface area contributed by atoms with Crippen LogP contribution in [0.4, 0.5) is 0 Å². The summed E-state index contributed by atoms with van der Waals surface area (Å²) in [7, 11) is 1.33. The largest absolute Gasteiger partial charge is 0.465 e. The summed E-state index contributed by atoms with van der Waals surface area (Å²) in [4.78, 5) is 27.9. The number of carbonyl (C=O) groups is 1. The van der Waals surface area contributed by atoms with Crippen molar-refractivity contribution in [2.45, 2.75) is 6.54 Å². The second-order valence-corrected chi connectivity index (χ2v) is 6.90. The molecule has 5 nitrogen and oxygen atoms in total. The van der Waals surface area contributed by atoms with Gasteiger partial charge in [0, 0.05) is 23.2 Å². The number of aromatic nitrogens is 1. The molecule has 28 heavy (non-hydrogen) atoms. The quantitative estimate of drug-likeness (QED) is 0.403. The Morgan fingerprint density at radius 2 is 1.79 bits per heavy atom. The Balaban J connectivity index is 2.15. The van der Waals surface area contributed by atoms with Gasteiger partial charge in [-0.05, 0) is 45.5 Å². The van der Waals surface area contributed by atoms with Gasteiger partial charge in [0.15, 0.2) is 0 Å². The molecule has 140 valence electrons. The van der Waals surface area contributed by atoms with E-state index in [-0.39, 0.29) is 5.56 Å². The average molecular weight is 393 g/mol. The Kier molecular flexibility index (Phi) is 4.63. The molecule has 0 aliphatic heterocycles. The molecule has 1 heterocycles. The van der Waals surface area contributed by atoms with E-state index in [4.69, 9.17) is 22.1 Å². The number of H-pyrrole nitrogens is 1. The van der Waals surface area contributed by atoms with Crippen LogP contribution < -0.4 is 11.3 Å². The molecule has 0 aliphatic rings. The van der Waals surface area contributed by atoms with E-state index in [1.54, 1.807) is 30.5 Å². The van der Waals surface area contributed by atoms with Crippen molar-refractivity contribution in [3.05, 3.63) is 81.2 Å². The Morgan fingerprint density at radius 3 is 2.46 bits per heavy atom. The molecule has 3 N–H and O–H groups in total. The van der Waals surface area contributed by atoms with E-state index in [1.165, 1.54) is 7.11 Å². The fraction of sp³-hybridized carbons (Fsp3) is 0.0909. The molecule has 1 aromatic heterocycles. The van der Waals surface area contributed by atoms with Gasteiger partial charge >= 0.3 is 5.97 Å². The molecule has 0 saturated heterocycles. The number of hydrogen-bond acceptors (Lipinski definition) is 4. The van der Waals surface area contributed by atoms with Crippen LogP contribution in [0.1, 0.15) is 15.9 Å². The minimum Gasteiger partial charge on any atom is -0.465 e. The molecule has 0 radical (unpaired) electrons. The van der Waals surface area contributed by atoms with E-state index in [0.29, 0.717) is 33.5 Å². The maximum absolute atomic E-state index is 12.7. The number of hydrogen-bond donors (Lipinski definition) is 2. The molecule has 0 unspecified atom stereocenters. The maximum Gasteiger partial charge on any atom is 0.338 e. The lowest BCUT2D eigenvalue weighted by molar-refractivity contribution is 0.0603. The van der Waals surface area contributed by atoms with E-state index >= 15 is 0 Å². The summed E-state index contributed by atoms with van der Waals surface area (Å²) in [6, 6.07) is 14.5. The average Bonchev–Trinajstić information content (AvgIpc) is 2.72. The molecule has 0 aliphatic carbocycles. The van der Waals surface area contributed by atoms with Gasteiger partial charge in [-0.25, -0.2) is 4.79 Å². The summed E-state index contributed by atoms with van der Waals surface area (Å²) in [5.41, 5.74) is 7.99. The summed E-state index contributed by atoms with van der Waals surface area (Å²) in [6.07, 6.45) is 1.65. The summed E-state index contributed by atoms with van der Waals surface area (Å²) in [6.45, 7) is 0.418. The molecular formula is C22H17ClN2O3. The second kappa shape index (κ2) is 7.11. The summed E-state index contributed by atoms with van der Waals surface area (Å²) in [5.74, 6) is -0.473. The second-order valence-electron chi connectivity index (χ2n) is 6.46. The number of aromatic amines is 1. The minimum absolute atomic E-state index is 0.245. The summed E-state index contributed by atoms with van der Waals surface area (Å²) in [5, 5.41) is 3.46. The Bertz CT molecular complexity index is 1280. The lowest BCUT2D eigenvalue weighted by atomic mass is 9.93. The van der Waals surface area contributed by atoms with Crippen molar-refractivity contribution < 1.29 is 9.53 Å². The van der Waals surface area contributed by atoms with Gasteiger partial charge in [-0.2, -0.15) is 0 Å². The first-order valence-corrected chi connectivity index (χ1v) is 9.06. The number of halogens is 1. The third-order valence-corrected chi connectivity index (χ3v) is 5.10. The van der Waals surface area contributed by atoms with Crippen molar-refractivity contribution in [1.82, 2.24) is 4.98 Å². The predicted octanol–water partition coefficient (Wildman–Crippen LogP) is 4.25.